The van der Waals surface area contributed by atoms with E-state index in [4.69, 9.17) is 18.9 Å². The second-order valence-corrected chi connectivity index (χ2v) is 9.52. The second kappa shape index (κ2) is 12.6. The maximum Gasteiger partial charge on any atom is 0.254 e. The van der Waals surface area contributed by atoms with Crippen LogP contribution in [0.25, 0.3) is 10.9 Å². The normalized spacial score (nSPS) is 11.9. The Balaban J connectivity index is 1.37. The molecule has 208 valence electrons. The Labute approximate surface area is 233 Å². The van der Waals surface area contributed by atoms with Crippen molar-refractivity contribution in [2.45, 2.75) is 13.0 Å². The summed E-state index contributed by atoms with van der Waals surface area (Å²) in [5, 5.41) is 1.13. The number of hydrogen-bond donors (Lipinski definition) is 1. The van der Waals surface area contributed by atoms with Crippen molar-refractivity contribution in [1.82, 2.24) is 14.8 Å². The van der Waals surface area contributed by atoms with E-state index in [1.165, 1.54) is 4.90 Å². The molecular formula is C31H33N3O6. The summed E-state index contributed by atoms with van der Waals surface area (Å²) < 4.78 is 21.6. The minimum absolute atomic E-state index is 0.0976. The van der Waals surface area contributed by atoms with Crippen molar-refractivity contribution in [3.63, 3.8) is 0 Å². The molecule has 0 spiro atoms. The Morgan fingerprint density at radius 2 is 1.70 bits per heavy atom. The zero-order chi connectivity index (χ0) is 27.9. The molecule has 5 rings (SSSR count). The van der Waals surface area contributed by atoms with Crippen LogP contribution in [-0.2, 0) is 22.5 Å². The molecule has 4 aromatic rings. The molecule has 9 nitrogen and oxygen atoms in total. The lowest BCUT2D eigenvalue weighted by molar-refractivity contribution is -0.132. The zero-order valence-corrected chi connectivity index (χ0v) is 22.7. The van der Waals surface area contributed by atoms with E-state index < -0.39 is 0 Å². The first-order valence-electron chi connectivity index (χ1n) is 13.2. The Morgan fingerprint density at radius 1 is 0.900 bits per heavy atom. The average Bonchev–Trinajstić information content (AvgIpc) is 3.63. The third kappa shape index (κ3) is 6.05. The molecule has 0 fully saturated rings. The van der Waals surface area contributed by atoms with Crippen LogP contribution < -0.4 is 14.2 Å². The molecule has 1 N–H and O–H groups in total. The zero-order valence-electron chi connectivity index (χ0n) is 22.7. The number of benzene rings is 3. The number of fused-ring (bicyclic) bond motifs is 2. The third-order valence-corrected chi connectivity index (χ3v) is 7.03. The molecule has 40 heavy (non-hydrogen) atoms. The van der Waals surface area contributed by atoms with Gasteiger partial charge in [0.05, 0.1) is 13.7 Å². The highest BCUT2D eigenvalue weighted by Gasteiger charge is 2.25. The van der Waals surface area contributed by atoms with Crippen LogP contribution in [0.3, 0.4) is 0 Å². The highest BCUT2D eigenvalue weighted by atomic mass is 16.7. The van der Waals surface area contributed by atoms with Gasteiger partial charge in [0.2, 0.25) is 12.7 Å². The van der Waals surface area contributed by atoms with Crippen LogP contribution in [-0.4, -0.2) is 73.9 Å². The summed E-state index contributed by atoms with van der Waals surface area (Å²) in [5.41, 5.74) is 3.49. The summed E-state index contributed by atoms with van der Waals surface area (Å²) >= 11 is 0. The Bertz CT molecular complexity index is 1480. The van der Waals surface area contributed by atoms with Crippen molar-refractivity contribution in [3.8, 4) is 17.2 Å². The molecular weight excluding hydrogens is 510 g/mol. The van der Waals surface area contributed by atoms with E-state index in [1.54, 1.807) is 37.3 Å². The molecule has 0 radical (unpaired) electrons. The molecule has 3 aromatic carbocycles. The summed E-state index contributed by atoms with van der Waals surface area (Å²) in [5.74, 6) is 1.37. The van der Waals surface area contributed by atoms with E-state index in [-0.39, 0.29) is 31.7 Å². The molecule has 2 heterocycles. The highest BCUT2D eigenvalue weighted by molar-refractivity contribution is 5.97. The van der Waals surface area contributed by atoms with Crippen LogP contribution in [0.2, 0.25) is 0 Å². The van der Waals surface area contributed by atoms with E-state index in [9.17, 15) is 9.59 Å². The summed E-state index contributed by atoms with van der Waals surface area (Å²) in [6.07, 6.45) is 2.64. The van der Waals surface area contributed by atoms with Gasteiger partial charge in [-0.15, -0.1) is 0 Å². The molecule has 0 saturated carbocycles. The molecule has 1 aromatic heterocycles. The van der Waals surface area contributed by atoms with Crippen LogP contribution in [0.4, 0.5) is 0 Å². The number of para-hydroxylation sites is 2. The number of aromatic amines is 1. The van der Waals surface area contributed by atoms with E-state index in [0.717, 1.165) is 22.0 Å². The number of nitrogens with zero attached hydrogens (tertiary/aromatic N) is 2. The van der Waals surface area contributed by atoms with Gasteiger partial charge < -0.3 is 33.7 Å². The lowest BCUT2D eigenvalue weighted by atomic mass is 10.1. The lowest BCUT2D eigenvalue weighted by Crippen LogP contribution is -2.44. The quantitative estimate of drug-likeness (QED) is 0.287. The van der Waals surface area contributed by atoms with Crippen molar-refractivity contribution in [1.29, 1.82) is 0 Å². The first-order valence-corrected chi connectivity index (χ1v) is 13.2. The molecule has 0 aliphatic carbocycles. The average molecular weight is 544 g/mol. The van der Waals surface area contributed by atoms with Crippen molar-refractivity contribution in [2.24, 2.45) is 0 Å². The number of methoxy groups -OCH3 is 2. The topological polar surface area (TPSA) is 93.3 Å². The fourth-order valence-electron chi connectivity index (χ4n) is 4.85. The molecule has 0 saturated heterocycles. The number of aromatic nitrogens is 1. The SMILES string of the molecule is COCCN(CC(=O)N(CCc1c[nH]c2ccccc12)Cc1ccccc1OC)C(=O)c1ccc2c(c1)OCO2. The van der Waals surface area contributed by atoms with E-state index in [1.807, 2.05) is 48.7 Å². The highest BCUT2D eigenvalue weighted by Crippen LogP contribution is 2.33. The number of rotatable bonds is 12. The standard InChI is InChI=1S/C31H33N3O6/c1-37-16-15-34(31(36)22-11-12-28-29(17-22)40-21-39-28)20-30(35)33(19-24-7-3-6-10-27(24)38-2)14-13-23-18-32-26-9-5-4-8-25(23)26/h3-12,17-18,32H,13-16,19-21H2,1-2H3. The van der Waals surface area contributed by atoms with Gasteiger partial charge in [0, 0.05) is 55.0 Å². The summed E-state index contributed by atoms with van der Waals surface area (Å²) in [6, 6.07) is 20.8. The van der Waals surface area contributed by atoms with E-state index in [2.05, 4.69) is 11.1 Å². The fourth-order valence-corrected chi connectivity index (χ4v) is 4.85. The first kappa shape index (κ1) is 27.1. The van der Waals surface area contributed by atoms with Crippen molar-refractivity contribution in [2.75, 3.05) is 47.3 Å². The summed E-state index contributed by atoms with van der Waals surface area (Å²) in [4.78, 5) is 34.0. The fraction of sp³-hybridized carbons (Fsp3) is 0.290. The van der Waals surface area contributed by atoms with Crippen molar-refractivity contribution < 1.29 is 28.5 Å². The van der Waals surface area contributed by atoms with Crippen LogP contribution >= 0.6 is 0 Å². The predicted molar refractivity (Wildman–Crippen MR) is 151 cm³/mol. The monoisotopic (exact) mass is 543 g/mol. The second-order valence-electron chi connectivity index (χ2n) is 9.52. The van der Waals surface area contributed by atoms with Crippen LogP contribution in [0.1, 0.15) is 21.5 Å². The van der Waals surface area contributed by atoms with Gasteiger partial charge in [0.1, 0.15) is 12.3 Å². The maximum atomic E-state index is 13.9. The van der Waals surface area contributed by atoms with E-state index in [0.29, 0.717) is 48.9 Å². The first-order chi connectivity index (χ1) is 19.6. The summed E-state index contributed by atoms with van der Waals surface area (Å²) in [7, 11) is 3.19. The molecule has 0 atom stereocenters. The van der Waals surface area contributed by atoms with Gasteiger partial charge in [-0.2, -0.15) is 0 Å². The Hall–Kier alpha value is -4.50. The molecule has 0 unspecified atom stereocenters. The molecule has 2 amide bonds. The van der Waals surface area contributed by atoms with E-state index >= 15 is 0 Å². The number of ether oxygens (including phenoxy) is 4. The van der Waals surface area contributed by atoms with Crippen LogP contribution in [0, 0.1) is 0 Å². The number of amides is 2. The largest absolute Gasteiger partial charge is 0.496 e. The van der Waals surface area contributed by atoms with Crippen LogP contribution in [0.5, 0.6) is 17.2 Å². The van der Waals surface area contributed by atoms with Crippen LogP contribution in [0.15, 0.2) is 72.9 Å². The Kier molecular flexibility index (Phi) is 8.51. The number of nitrogens with one attached hydrogen (secondary N) is 1. The van der Waals surface area contributed by atoms with Crippen molar-refractivity contribution >= 4 is 22.7 Å². The third-order valence-electron chi connectivity index (χ3n) is 7.03. The molecule has 1 aliphatic rings. The number of hydrogen-bond acceptors (Lipinski definition) is 6. The maximum absolute atomic E-state index is 13.9. The number of carbonyl (C=O) groups is 2. The molecule has 1 aliphatic heterocycles. The summed E-state index contributed by atoms with van der Waals surface area (Å²) in [6.45, 7) is 1.40. The van der Waals surface area contributed by atoms with Gasteiger partial charge in [0.25, 0.3) is 5.91 Å². The molecule has 0 bridgehead atoms. The van der Waals surface area contributed by atoms with Gasteiger partial charge in [0.15, 0.2) is 11.5 Å². The minimum atomic E-state index is -0.280. The number of carbonyl (C=O) groups excluding carboxylic acids is 2. The lowest BCUT2D eigenvalue weighted by Gasteiger charge is -2.28. The minimum Gasteiger partial charge on any atom is -0.496 e. The van der Waals surface area contributed by atoms with Gasteiger partial charge >= 0.3 is 0 Å². The predicted octanol–water partition coefficient (Wildman–Crippen LogP) is 4.27. The van der Waals surface area contributed by atoms with Gasteiger partial charge in [-0.3, -0.25) is 9.59 Å². The van der Waals surface area contributed by atoms with Crippen molar-refractivity contribution in [3.05, 3.63) is 89.6 Å². The van der Waals surface area contributed by atoms with Gasteiger partial charge in [-0.05, 0) is 42.3 Å². The van der Waals surface area contributed by atoms with Gasteiger partial charge in [-0.25, -0.2) is 0 Å². The van der Waals surface area contributed by atoms with Gasteiger partial charge in [-0.1, -0.05) is 36.4 Å². The smallest absolute Gasteiger partial charge is 0.254 e. The molecule has 9 heteroatoms. The number of H-pyrrole nitrogens is 1. The Morgan fingerprint density at radius 3 is 2.55 bits per heavy atom.